The van der Waals surface area contributed by atoms with Gasteiger partial charge in [0.25, 0.3) is 0 Å². The number of rotatable bonds is 4. The molecular weight excluding hydrogens is 258 g/mol. The fraction of sp³-hybridized carbons (Fsp3) is 0.867. The molecular formula is C15H25NO4. The van der Waals surface area contributed by atoms with Gasteiger partial charge in [-0.1, -0.05) is 25.7 Å². The van der Waals surface area contributed by atoms with Crippen molar-refractivity contribution in [2.75, 3.05) is 19.7 Å². The van der Waals surface area contributed by atoms with Crippen LogP contribution in [0.25, 0.3) is 0 Å². The molecule has 5 heteroatoms. The summed E-state index contributed by atoms with van der Waals surface area (Å²) in [5, 5.41) is 8.59. The van der Waals surface area contributed by atoms with E-state index < -0.39 is 5.97 Å². The van der Waals surface area contributed by atoms with Crippen LogP contribution >= 0.6 is 0 Å². The standard InChI is InChI=1S/C15H25NO4/c17-14(18)11-20-13-7-9-16(10-8-13)15(19)12-5-3-1-2-4-6-12/h12-13H,1-11H2,(H,17,18). The van der Waals surface area contributed by atoms with Crippen LogP contribution in [0, 0.1) is 5.92 Å². The summed E-state index contributed by atoms with van der Waals surface area (Å²) in [5.74, 6) is -0.403. The molecule has 1 aliphatic carbocycles. The van der Waals surface area contributed by atoms with Crippen LogP contribution in [0.1, 0.15) is 51.4 Å². The van der Waals surface area contributed by atoms with Crippen molar-refractivity contribution >= 4 is 11.9 Å². The molecule has 20 heavy (non-hydrogen) atoms. The Morgan fingerprint density at radius 3 is 2.15 bits per heavy atom. The predicted octanol–water partition coefficient (Wildman–Crippen LogP) is 2.05. The van der Waals surface area contributed by atoms with Crippen molar-refractivity contribution in [1.29, 1.82) is 0 Å². The van der Waals surface area contributed by atoms with E-state index in [0.717, 1.165) is 25.7 Å². The van der Waals surface area contributed by atoms with Crippen LogP contribution in [0.3, 0.4) is 0 Å². The third kappa shape index (κ3) is 4.47. The summed E-state index contributed by atoms with van der Waals surface area (Å²) < 4.78 is 5.30. The fourth-order valence-corrected chi connectivity index (χ4v) is 3.22. The van der Waals surface area contributed by atoms with Gasteiger partial charge in [-0.2, -0.15) is 0 Å². The van der Waals surface area contributed by atoms with Crippen LogP contribution in [0.5, 0.6) is 0 Å². The highest BCUT2D eigenvalue weighted by Gasteiger charge is 2.28. The first-order valence-corrected chi connectivity index (χ1v) is 7.79. The number of amides is 1. The number of carboxylic acid groups (broad SMARTS) is 1. The molecule has 1 saturated carbocycles. The Morgan fingerprint density at radius 2 is 1.60 bits per heavy atom. The lowest BCUT2D eigenvalue weighted by Crippen LogP contribution is -2.43. The normalized spacial score (nSPS) is 22.5. The molecule has 0 atom stereocenters. The summed E-state index contributed by atoms with van der Waals surface area (Å²) in [6, 6.07) is 0. The molecule has 0 bridgehead atoms. The maximum atomic E-state index is 12.5. The first kappa shape index (κ1) is 15.3. The second-order valence-corrected chi connectivity index (χ2v) is 5.92. The molecule has 5 nitrogen and oxygen atoms in total. The maximum Gasteiger partial charge on any atom is 0.329 e. The second-order valence-electron chi connectivity index (χ2n) is 5.92. The molecule has 0 unspecified atom stereocenters. The van der Waals surface area contributed by atoms with Gasteiger partial charge < -0.3 is 14.7 Å². The van der Waals surface area contributed by atoms with Gasteiger partial charge in [0.15, 0.2) is 0 Å². The van der Waals surface area contributed by atoms with Gasteiger partial charge in [0.1, 0.15) is 6.61 Å². The van der Waals surface area contributed by atoms with E-state index >= 15 is 0 Å². The monoisotopic (exact) mass is 283 g/mol. The highest BCUT2D eigenvalue weighted by atomic mass is 16.5. The Kier molecular flexibility index (Phi) is 5.83. The van der Waals surface area contributed by atoms with Gasteiger partial charge in [-0.05, 0) is 25.7 Å². The molecule has 1 aliphatic heterocycles. The van der Waals surface area contributed by atoms with E-state index in [2.05, 4.69) is 0 Å². The van der Waals surface area contributed by atoms with Crippen molar-refractivity contribution in [2.45, 2.75) is 57.5 Å². The number of carbonyl (C=O) groups is 2. The molecule has 2 aliphatic rings. The van der Waals surface area contributed by atoms with Crippen molar-refractivity contribution in [1.82, 2.24) is 4.90 Å². The molecule has 0 aromatic rings. The average Bonchev–Trinajstić information content (AvgIpc) is 2.74. The number of piperidine rings is 1. The molecule has 1 saturated heterocycles. The molecule has 0 spiro atoms. The number of nitrogens with zero attached hydrogens (tertiary/aromatic N) is 1. The van der Waals surface area contributed by atoms with E-state index in [1.165, 1.54) is 25.7 Å². The van der Waals surface area contributed by atoms with E-state index in [1.807, 2.05) is 4.90 Å². The highest BCUT2D eigenvalue weighted by molar-refractivity contribution is 5.79. The van der Waals surface area contributed by atoms with Crippen molar-refractivity contribution in [2.24, 2.45) is 5.92 Å². The SMILES string of the molecule is O=C(O)COC1CCN(C(=O)C2CCCCCC2)CC1. The van der Waals surface area contributed by atoms with Crippen molar-refractivity contribution in [3.05, 3.63) is 0 Å². The summed E-state index contributed by atoms with van der Waals surface area (Å²) >= 11 is 0. The molecule has 2 fully saturated rings. The zero-order chi connectivity index (χ0) is 14.4. The molecule has 1 amide bonds. The summed E-state index contributed by atoms with van der Waals surface area (Å²) in [6.45, 7) is 1.18. The number of likely N-dealkylation sites (tertiary alicyclic amines) is 1. The van der Waals surface area contributed by atoms with Crippen molar-refractivity contribution in [3.8, 4) is 0 Å². The van der Waals surface area contributed by atoms with E-state index in [-0.39, 0.29) is 18.6 Å². The molecule has 114 valence electrons. The largest absolute Gasteiger partial charge is 0.480 e. The van der Waals surface area contributed by atoms with Crippen LogP contribution in [0.4, 0.5) is 0 Å². The van der Waals surface area contributed by atoms with Gasteiger partial charge in [0, 0.05) is 19.0 Å². The highest BCUT2D eigenvalue weighted by Crippen LogP contribution is 2.26. The maximum absolute atomic E-state index is 12.5. The van der Waals surface area contributed by atoms with E-state index in [9.17, 15) is 9.59 Å². The van der Waals surface area contributed by atoms with Crippen molar-refractivity contribution in [3.63, 3.8) is 0 Å². The van der Waals surface area contributed by atoms with E-state index in [1.54, 1.807) is 0 Å². The Morgan fingerprint density at radius 1 is 1.00 bits per heavy atom. The smallest absolute Gasteiger partial charge is 0.329 e. The summed E-state index contributed by atoms with van der Waals surface area (Å²) in [5.41, 5.74) is 0. The molecule has 1 N–H and O–H groups in total. The zero-order valence-electron chi connectivity index (χ0n) is 12.1. The summed E-state index contributed by atoms with van der Waals surface area (Å²) in [7, 11) is 0. The Bertz CT molecular complexity index is 329. The van der Waals surface area contributed by atoms with Gasteiger partial charge in [-0.3, -0.25) is 4.79 Å². The van der Waals surface area contributed by atoms with Crippen LogP contribution in [-0.4, -0.2) is 47.7 Å². The minimum absolute atomic E-state index is 0.00992. The fourth-order valence-electron chi connectivity index (χ4n) is 3.22. The van der Waals surface area contributed by atoms with Crippen LogP contribution in [0.2, 0.25) is 0 Å². The van der Waals surface area contributed by atoms with Crippen LogP contribution in [-0.2, 0) is 14.3 Å². The minimum Gasteiger partial charge on any atom is -0.480 e. The number of carboxylic acids is 1. The lowest BCUT2D eigenvalue weighted by molar-refractivity contribution is -0.147. The topological polar surface area (TPSA) is 66.8 Å². The molecule has 0 radical (unpaired) electrons. The third-order valence-corrected chi connectivity index (χ3v) is 4.40. The lowest BCUT2D eigenvalue weighted by Gasteiger charge is -2.33. The van der Waals surface area contributed by atoms with Crippen LogP contribution < -0.4 is 0 Å². The Labute approximate surface area is 120 Å². The first-order chi connectivity index (χ1) is 9.66. The average molecular weight is 283 g/mol. The summed E-state index contributed by atoms with van der Waals surface area (Å²) in [6.07, 6.45) is 8.44. The predicted molar refractivity (Wildman–Crippen MR) is 74.4 cm³/mol. The number of hydrogen-bond donors (Lipinski definition) is 1. The Hall–Kier alpha value is -1.10. The zero-order valence-corrected chi connectivity index (χ0v) is 12.1. The quantitative estimate of drug-likeness (QED) is 0.802. The third-order valence-electron chi connectivity index (χ3n) is 4.40. The molecule has 1 heterocycles. The number of hydrogen-bond acceptors (Lipinski definition) is 3. The first-order valence-electron chi connectivity index (χ1n) is 7.79. The van der Waals surface area contributed by atoms with Gasteiger partial charge in [-0.15, -0.1) is 0 Å². The van der Waals surface area contributed by atoms with Crippen molar-refractivity contribution < 1.29 is 19.4 Å². The lowest BCUT2D eigenvalue weighted by atomic mass is 9.97. The number of aliphatic carboxylic acids is 1. The molecule has 0 aromatic carbocycles. The minimum atomic E-state index is -0.929. The van der Waals surface area contributed by atoms with Gasteiger partial charge in [0.05, 0.1) is 6.10 Å². The molecule has 2 rings (SSSR count). The Balaban J connectivity index is 1.74. The number of carbonyl (C=O) groups excluding carboxylic acids is 1. The van der Waals surface area contributed by atoms with Gasteiger partial charge in [0.2, 0.25) is 5.91 Å². The van der Waals surface area contributed by atoms with E-state index in [0.29, 0.717) is 19.0 Å². The van der Waals surface area contributed by atoms with Crippen LogP contribution in [0.15, 0.2) is 0 Å². The van der Waals surface area contributed by atoms with E-state index in [4.69, 9.17) is 9.84 Å². The number of ether oxygens (including phenoxy) is 1. The van der Waals surface area contributed by atoms with Gasteiger partial charge in [-0.25, -0.2) is 4.79 Å². The molecule has 0 aromatic heterocycles. The van der Waals surface area contributed by atoms with Gasteiger partial charge >= 0.3 is 5.97 Å². The second kappa shape index (κ2) is 7.62. The summed E-state index contributed by atoms with van der Waals surface area (Å²) in [4.78, 5) is 24.9.